The Kier molecular flexibility index (Phi) is 7.12. The highest BCUT2D eigenvalue weighted by molar-refractivity contribution is 14.1. The third kappa shape index (κ3) is 5.44. The van der Waals surface area contributed by atoms with E-state index in [1.165, 1.54) is 23.7 Å². The lowest BCUT2D eigenvalue weighted by Crippen LogP contribution is -2.25. The zero-order valence-corrected chi connectivity index (χ0v) is 11.4. The molecule has 88 valence electrons. The van der Waals surface area contributed by atoms with Crippen molar-refractivity contribution in [1.29, 1.82) is 0 Å². The number of pyridine rings is 1. The van der Waals surface area contributed by atoms with E-state index in [2.05, 4.69) is 32.9 Å². The van der Waals surface area contributed by atoms with Gasteiger partial charge in [-0.3, -0.25) is 9.78 Å². The van der Waals surface area contributed by atoms with E-state index in [-0.39, 0.29) is 5.91 Å². The van der Waals surface area contributed by atoms with E-state index in [4.69, 9.17) is 0 Å². The second-order valence-corrected chi connectivity index (χ2v) is 4.65. The summed E-state index contributed by atoms with van der Waals surface area (Å²) in [6.45, 7) is 0.747. The highest BCUT2D eigenvalue weighted by atomic mass is 127. The van der Waals surface area contributed by atoms with Gasteiger partial charge < -0.3 is 5.32 Å². The van der Waals surface area contributed by atoms with Crippen LogP contribution in [-0.2, 0) is 0 Å². The van der Waals surface area contributed by atoms with Crippen LogP contribution in [0.25, 0.3) is 0 Å². The average molecular weight is 332 g/mol. The fourth-order valence-electron chi connectivity index (χ4n) is 1.36. The zero-order valence-electron chi connectivity index (χ0n) is 9.29. The first-order valence-electron chi connectivity index (χ1n) is 5.60. The standard InChI is InChI=1S/C12H17IN2O/c13-8-4-1-2-5-10-15-12(16)11-7-3-6-9-14-11/h3,6-7,9H,1-2,4-5,8,10H2,(H,15,16). The molecule has 1 N–H and O–H groups in total. The van der Waals surface area contributed by atoms with Gasteiger partial charge in [0, 0.05) is 12.7 Å². The number of alkyl halides is 1. The number of aromatic nitrogens is 1. The summed E-state index contributed by atoms with van der Waals surface area (Å²) < 4.78 is 1.22. The van der Waals surface area contributed by atoms with Crippen molar-refractivity contribution in [3.63, 3.8) is 0 Å². The van der Waals surface area contributed by atoms with Gasteiger partial charge in [0.05, 0.1) is 0 Å². The van der Waals surface area contributed by atoms with Crippen molar-refractivity contribution in [3.8, 4) is 0 Å². The van der Waals surface area contributed by atoms with Gasteiger partial charge in [0.15, 0.2) is 0 Å². The Morgan fingerprint density at radius 3 is 2.75 bits per heavy atom. The van der Waals surface area contributed by atoms with Crippen molar-refractivity contribution in [3.05, 3.63) is 30.1 Å². The molecule has 0 spiro atoms. The molecule has 4 heteroatoms. The molecule has 0 atom stereocenters. The monoisotopic (exact) mass is 332 g/mol. The van der Waals surface area contributed by atoms with Gasteiger partial charge in [0.25, 0.3) is 5.91 Å². The van der Waals surface area contributed by atoms with Crippen molar-refractivity contribution in [1.82, 2.24) is 10.3 Å². The smallest absolute Gasteiger partial charge is 0.269 e. The minimum atomic E-state index is -0.0745. The molecule has 3 nitrogen and oxygen atoms in total. The van der Waals surface area contributed by atoms with Crippen LogP contribution in [0, 0.1) is 0 Å². The lowest BCUT2D eigenvalue weighted by atomic mass is 10.2. The van der Waals surface area contributed by atoms with Gasteiger partial charge in [-0.05, 0) is 29.4 Å². The molecular weight excluding hydrogens is 315 g/mol. The van der Waals surface area contributed by atoms with E-state index in [1.807, 2.05) is 6.07 Å². The molecule has 16 heavy (non-hydrogen) atoms. The SMILES string of the molecule is O=C(NCCCCCCI)c1ccccn1. The Balaban J connectivity index is 2.12. The summed E-state index contributed by atoms with van der Waals surface area (Å²) in [6, 6.07) is 5.36. The maximum atomic E-state index is 11.6. The number of nitrogens with zero attached hydrogens (tertiary/aromatic N) is 1. The second kappa shape index (κ2) is 8.50. The number of hydrogen-bond donors (Lipinski definition) is 1. The Bertz CT molecular complexity index is 303. The highest BCUT2D eigenvalue weighted by Gasteiger charge is 2.03. The normalized spacial score (nSPS) is 10.1. The summed E-state index contributed by atoms with van der Waals surface area (Å²) in [5, 5.41) is 2.87. The highest BCUT2D eigenvalue weighted by Crippen LogP contribution is 2.01. The van der Waals surface area contributed by atoms with Gasteiger partial charge in [0.1, 0.15) is 5.69 Å². The van der Waals surface area contributed by atoms with Gasteiger partial charge in [-0.2, -0.15) is 0 Å². The second-order valence-electron chi connectivity index (χ2n) is 3.57. The minimum absolute atomic E-state index is 0.0745. The molecule has 1 aromatic heterocycles. The van der Waals surface area contributed by atoms with Gasteiger partial charge in [-0.25, -0.2) is 0 Å². The molecule has 1 amide bonds. The molecule has 0 fully saturated rings. The first kappa shape index (κ1) is 13.4. The summed E-state index contributed by atoms with van der Waals surface area (Å²) >= 11 is 2.39. The van der Waals surface area contributed by atoms with Crippen LogP contribution in [0.1, 0.15) is 36.2 Å². The predicted octanol–water partition coefficient (Wildman–Crippen LogP) is 2.81. The Morgan fingerprint density at radius 2 is 2.06 bits per heavy atom. The van der Waals surface area contributed by atoms with Crippen molar-refractivity contribution >= 4 is 28.5 Å². The van der Waals surface area contributed by atoms with E-state index in [1.54, 1.807) is 18.3 Å². The maximum Gasteiger partial charge on any atom is 0.269 e. The predicted molar refractivity (Wildman–Crippen MR) is 73.9 cm³/mol. The summed E-state index contributed by atoms with van der Waals surface area (Å²) in [4.78, 5) is 15.6. The quantitative estimate of drug-likeness (QED) is 0.474. The fourth-order valence-corrected chi connectivity index (χ4v) is 1.90. The molecule has 0 aromatic carbocycles. The van der Waals surface area contributed by atoms with Gasteiger partial charge in [0.2, 0.25) is 0 Å². The Morgan fingerprint density at radius 1 is 1.25 bits per heavy atom. The molecular formula is C12H17IN2O. The van der Waals surface area contributed by atoms with Crippen LogP contribution in [0.3, 0.4) is 0 Å². The Labute approximate surface area is 110 Å². The number of rotatable bonds is 7. The molecule has 0 radical (unpaired) electrons. The summed E-state index contributed by atoms with van der Waals surface area (Å²) in [6.07, 6.45) is 6.40. The third-order valence-corrected chi connectivity index (χ3v) is 3.01. The molecule has 0 aliphatic carbocycles. The first-order valence-corrected chi connectivity index (χ1v) is 7.12. The zero-order chi connectivity index (χ0) is 11.6. The molecule has 1 aromatic rings. The van der Waals surface area contributed by atoms with Gasteiger partial charge in [-0.1, -0.05) is 41.5 Å². The number of carbonyl (C=O) groups is 1. The van der Waals surface area contributed by atoms with E-state index < -0.39 is 0 Å². The van der Waals surface area contributed by atoms with Gasteiger partial charge >= 0.3 is 0 Å². The van der Waals surface area contributed by atoms with Crippen LogP contribution in [0.4, 0.5) is 0 Å². The van der Waals surface area contributed by atoms with Gasteiger partial charge in [-0.15, -0.1) is 0 Å². The van der Waals surface area contributed by atoms with Crippen LogP contribution >= 0.6 is 22.6 Å². The number of carbonyl (C=O) groups excluding carboxylic acids is 1. The molecule has 0 saturated heterocycles. The van der Waals surface area contributed by atoms with Crippen molar-refractivity contribution in [2.75, 3.05) is 11.0 Å². The summed E-state index contributed by atoms with van der Waals surface area (Å²) in [5.74, 6) is -0.0745. The van der Waals surface area contributed by atoms with Crippen LogP contribution in [0.15, 0.2) is 24.4 Å². The fraction of sp³-hybridized carbons (Fsp3) is 0.500. The largest absolute Gasteiger partial charge is 0.351 e. The Hall–Kier alpha value is -0.650. The molecule has 1 heterocycles. The first-order chi connectivity index (χ1) is 7.84. The van der Waals surface area contributed by atoms with E-state index in [0.717, 1.165) is 13.0 Å². The molecule has 0 aliphatic heterocycles. The van der Waals surface area contributed by atoms with Crippen LogP contribution < -0.4 is 5.32 Å². The number of hydrogen-bond acceptors (Lipinski definition) is 2. The lowest BCUT2D eigenvalue weighted by molar-refractivity contribution is 0.0948. The van der Waals surface area contributed by atoms with Crippen LogP contribution in [0.5, 0.6) is 0 Å². The maximum absolute atomic E-state index is 11.6. The van der Waals surface area contributed by atoms with Crippen molar-refractivity contribution in [2.24, 2.45) is 0 Å². The molecule has 0 aliphatic rings. The minimum Gasteiger partial charge on any atom is -0.351 e. The summed E-state index contributed by atoms with van der Waals surface area (Å²) in [7, 11) is 0. The molecule has 0 saturated carbocycles. The average Bonchev–Trinajstić information content (AvgIpc) is 2.34. The number of unbranched alkanes of at least 4 members (excludes halogenated alkanes) is 3. The topological polar surface area (TPSA) is 42.0 Å². The van der Waals surface area contributed by atoms with Crippen molar-refractivity contribution < 1.29 is 4.79 Å². The molecule has 1 rings (SSSR count). The number of amides is 1. The number of halogens is 1. The van der Waals surface area contributed by atoms with Crippen LogP contribution in [-0.4, -0.2) is 21.9 Å². The van der Waals surface area contributed by atoms with E-state index in [0.29, 0.717) is 5.69 Å². The van der Waals surface area contributed by atoms with Crippen LogP contribution in [0.2, 0.25) is 0 Å². The summed E-state index contributed by atoms with van der Waals surface area (Å²) in [5.41, 5.74) is 0.495. The lowest BCUT2D eigenvalue weighted by Gasteiger charge is -2.03. The number of nitrogens with one attached hydrogen (secondary N) is 1. The van der Waals surface area contributed by atoms with Crippen molar-refractivity contribution in [2.45, 2.75) is 25.7 Å². The molecule has 0 bridgehead atoms. The molecule has 0 unspecified atom stereocenters. The van der Waals surface area contributed by atoms with E-state index >= 15 is 0 Å². The van der Waals surface area contributed by atoms with E-state index in [9.17, 15) is 4.79 Å². The third-order valence-electron chi connectivity index (χ3n) is 2.24.